The van der Waals surface area contributed by atoms with E-state index in [1.54, 1.807) is 0 Å². The molecule has 1 aromatic rings. The highest BCUT2D eigenvalue weighted by atomic mass is 79.9. The van der Waals surface area contributed by atoms with Crippen LogP contribution in [0.4, 0.5) is 0 Å². The average Bonchev–Trinajstić information content (AvgIpc) is 2.63. The van der Waals surface area contributed by atoms with Crippen molar-refractivity contribution in [3.05, 3.63) is 15.9 Å². The van der Waals surface area contributed by atoms with Crippen LogP contribution in [-0.2, 0) is 22.5 Å². The van der Waals surface area contributed by atoms with Gasteiger partial charge in [-0.1, -0.05) is 6.92 Å². The summed E-state index contributed by atoms with van der Waals surface area (Å²) in [6.07, 6.45) is 0.777. The monoisotopic (exact) mass is 316 g/mol. The van der Waals surface area contributed by atoms with Gasteiger partial charge in [0.1, 0.15) is 6.10 Å². The highest BCUT2D eigenvalue weighted by Crippen LogP contribution is 2.22. The molecule has 1 heterocycles. The van der Waals surface area contributed by atoms with Crippen molar-refractivity contribution in [1.29, 1.82) is 0 Å². The van der Waals surface area contributed by atoms with Crippen molar-refractivity contribution in [3.63, 3.8) is 0 Å². The van der Waals surface area contributed by atoms with Crippen molar-refractivity contribution in [1.82, 2.24) is 9.78 Å². The number of nitrogens with zero attached hydrogens (tertiary/aromatic N) is 2. The van der Waals surface area contributed by atoms with E-state index in [9.17, 15) is 4.79 Å². The van der Waals surface area contributed by atoms with Crippen LogP contribution in [0, 0.1) is 6.92 Å². The second-order valence-electron chi connectivity index (χ2n) is 4.16. The summed E-state index contributed by atoms with van der Waals surface area (Å²) in [5.41, 5.74) is 1.86. The number of carbonyl (C=O) groups excluding carboxylic acids is 1. The van der Waals surface area contributed by atoms with Crippen LogP contribution in [0.1, 0.15) is 38.6 Å². The average molecular weight is 317 g/mol. The lowest BCUT2D eigenvalue weighted by Crippen LogP contribution is -2.26. The fraction of sp³-hybridized carbons (Fsp3) is 0.692. The quantitative estimate of drug-likeness (QED) is 0.777. The second kappa shape index (κ2) is 7.04. The van der Waals surface area contributed by atoms with E-state index in [0.29, 0.717) is 19.4 Å². The molecule has 0 aliphatic heterocycles. The molecule has 0 radical (unpaired) electrons. The predicted molar refractivity (Wildman–Crippen MR) is 74.8 cm³/mol. The van der Waals surface area contributed by atoms with Crippen LogP contribution in [0.3, 0.4) is 0 Å². The van der Waals surface area contributed by atoms with Gasteiger partial charge in [0.2, 0.25) is 0 Å². The molecule has 0 N–H and O–H groups in total. The van der Waals surface area contributed by atoms with Crippen molar-refractivity contribution >= 4 is 21.7 Å². The Labute approximate surface area is 117 Å². The third-order valence-corrected chi connectivity index (χ3v) is 3.92. The Morgan fingerprint density at radius 3 is 2.61 bits per heavy atom. The number of hydrogen-bond donors (Lipinski definition) is 0. The van der Waals surface area contributed by atoms with E-state index >= 15 is 0 Å². The van der Waals surface area contributed by atoms with Crippen LogP contribution >= 0.6 is 15.9 Å². The lowest BCUT2D eigenvalue weighted by Gasteiger charge is -2.14. The minimum Gasteiger partial charge on any atom is -0.371 e. The first kappa shape index (κ1) is 15.4. The fourth-order valence-electron chi connectivity index (χ4n) is 1.96. The summed E-state index contributed by atoms with van der Waals surface area (Å²) in [6, 6.07) is 0. The standard InChI is InChI=1S/C13H21BrN2O2/c1-5-12(18-7-3)11(17)8-10-13(14)9(4)15-16(10)6-2/h12H,5-8H2,1-4H3. The minimum atomic E-state index is -0.303. The van der Waals surface area contributed by atoms with E-state index in [2.05, 4.69) is 21.0 Å². The van der Waals surface area contributed by atoms with E-state index in [0.717, 1.165) is 22.4 Å². The molecule has 102 valence electrons. The summed E-state index contributed by atoms with van der Waals surface area (Å²) in [7, 11) is 0. The van der Waals surface area contributed by atoms with Gasteiger partial charge in [-0.25, -0.2) is 0 Å². The largest absolute Gasteiger partial charge is 0.371 e. The number of rotatable bonds is 7. The number of hydrogen-bond acceptors (Lipinski definition) is 3. The van der Waals surface area contributed by atoms with E-state index in [1.165, 1.54) is 0 Å². The van der Waals surface area contributed by atoms with Crippen molar-refractivity contribution in [2.75, 3.05) is 6.61 Å². The Morgan fingerprint density at radius 2 is 2.11 bits per heavy atom. The molecule has 5 heteroatoms. The molecule has 0 spiro atoms. The first-order valence-electron chi connectivity index (χ1n) is 6.41. The van der Waals surface area contributed by atoms with Crippen LogP contribution < -0.4 is 0 Å². The van der Waals surface area contributed by atoms with Gasteiger partial charge in [0, 0.05) is 13.2 Å². The highest BCUT2D eigenvalue weighted by Gasteiger charge is 2.21. The molecule has 1 atom stereocenters. The van der Waals surface area contributed by atoms with Crippen LogP contribution in [0.2, 0.25) is 0 Å². The van der Waals surface area contributed by atoms with Gasteiger partial charge in [-0.3, -0.25) is 9.48 Å². The van der Waals surface area contributed by atoms with Crippen LogP contribution in [0.15, 0.2) is 4.47 Å². The van der Waals surface area contributed by atoms with Crippen molar-refractivity contribution in [2.45, 2.75) is 53.2 Å². The molecule has 1 unspecified atom stereocenters. The van der Waals surface area contributed by atoms with Gasteiger partial charge in [-0.15, -0.1) is 0 Å². The molecular weight excluding hydrogens is 296 g/mol. The van der Waals surface area contributed by atoms with E-state index in [4.69, 9.17) is 4.74 Å². The van der Waals surface area contributed by atoms with E-state index in [1.807, 2.05) is 32.4 Å². The first-order chi connectivity index (χ1) is 8.54. The zero-order valence-electron chi connectivity index (χ0n) is 11.5. The Balaban J connectivity index is 2.86. The number of aromatic nitrogens is 2. The topological polar surface area (TPSA) is 44.1 Å². The maximum atomic E-state index is 12.2. The molecule has 4 nitrogen and oxygen atoms in total. The number of Topliss-reactive ketones (excluding diaryl/α,β-unsaturated/α-hetero) is 1. The van der Waals surface area contributed by atoms with Gasteiger partial charge in [-0.2, -0.15) is 5.10 Å². The fourth-order valence-corrected chi connectivity index (χ4v) is 2.38. The summed E-state index contributed by atoms with van der Waals surface area (Å²) in [6.45, 7) is 9.16. The Kier molecular flexibility index (Phi) is 6.02. The molecule has 0 bridgehead atoms. The number of aryl methyl sites for hydroxylation is 2. The molecule has 0 saturated carbocycles. The second-order valence-corrected chi connectivity index (χ2v) is 4.95. The number of carbonyl (C=O) groups is 1. The van der Waals surface area contributed by atoms with Gasteiger partial charge in [0.25, 0.3) is 0 Å². The molecule has 0 aromatic carbocycles. The van der Waals surface area contributed by atoms with Gasteiger partial charge in [0.05, 0.1) is 22.3 Å². The molecule has 0 fully saturated rings. The van der Waals surface area contributed by atoms with Crippen LogP contribution in [0.25, 0.3) is 0 Å². The maximum absolute atomic E-state index is 12.2. The normalized spacial score (nSPS) is 12.7. The smallest absolute Gasteiger partial charge is 0.167 e. The molecule has 0 amide bonds. The maximum Gasteiger partial charge on any atom is 0.167 e. The van der Waals surface area contributed by atoms with Gasteiger partial charge in [-0.05, 0) is 43.1 Å². The van der Waals surface area contributed by atoms with E-state index in [-0.39, 0.29) is 11.9 Å². The number of halogens is 1. The zero-order chi connectivity index (χ0) is 13.7. The summed E-state index contributed by atoms with van der Waals surface area (Å²) in [5.74, 6) is 0.120. The third-order valence-electron chi connectivity index (χ3n) is 2.89. The Bertz CT molecular complexity index is 415. The Morgan fingerprint density at radius 1 is 1.44 bits per heavy atom. The first-order valence-corrected chi connectivity index (χ1v) is 7.20. The lowest BCUT2D eigenvalue weighted by molar-refractivity contribution is -0.129. The highest BCUT2D eigenvalue weighted by molar-refractivity contribution is 9.10. The molecular formula is C13H21BrN2O2. The zero-order valence-corrected chi connectivity index (χ0v) is 13.1. The number of ketones is 1. The van der Waals surface area contributed by atoms with Crippen LogP contribution in [0.5, 0.6) is 0 Å². The minimum absolute atomic E-state index is 0.120. The summed E-state index contributed by atoms with van der Waals surface area (Å²) in [4.78, 5) is 12.2. The molecule has 18 heavy (non-hydrogen) atoms. The van der Waals surface area contributed by atoms with Gasteiger partial charge in [0.15, 0.2) is 5.78 Å². The molecule has 0 aliphatic rings. The van der Waals surface area contributed by atoms with Crippen molar-refractivity contribution in [3.8, 4) is 0 Å². The number of ether oxygens (including phenoxy) is 1. The molecule has 1 aromatic heterocycles. The molecule has 0 aliphatic carbocycles. The van der Waals surface area contributed by atoms with Crippen molar-refractivity contribution < 1.29 is 9.53 Å². The SMILES string of the molecule is CCOC(CC)C(=O)Cc1c(Br)c(C)nn1CC. The van der Waals surface area contributed by atoms with Gasteiger partial charge >= 0.3 is 0 Å². The summed E-state index contributed by atoms with van der Waals surface area (Å²) < 4.78 is 8.26. The van der Waals surface area contributed by atoms with Gasteiger partial charge < -0.3 is 4.74 Å². The molecule has 1 rings (SSSR count). The van der Waals surface area contributed by atoms with Crippen LogP contribution in [-0.4, -0.2) is 28.3 Å². The Hall–Kier alpha value is -0.680. The molecule has 0 saturated heterocycles. The predicted octanol–water partition coefficient (Wildman–Crippen LogP) is 2.90. The third kappa shape index (κ3) is 3.42. The summed E-state index contributed by atoms with van der Waals surface area (Å²) in [5, 5.41) is 4.39. The lowest BCUT2D eigenvalue weighted by atomic mass is 10.1. The van der Waals surface area contributed by atoms with Crippen molar-refractivity contribution in [2.24, 2.45) is 0 Å². The van der Waals surface area contributed by atoms with E-state index < -0.39 is 0 Å². The summed E-state index contributed by atoms with van der Waals surface area (Å²) >= 11 is 3.50.